The maximum absolute atomic E-state index is 13.9. The first-order valence-electron chi connectivity index (χ1n) is 16.3. The second kappa shape index (κ2) is 13.8. The number of benzene rings is 2. The molecule has 254 valence electrons. The molecule has 2 fully saturated rings. The number of hydrogen-bond acceptors (Lipinski definition) is 8. The number of amides is 4. The lowest BCUT2D eigenvalue weighted by Gasteiger charge is -2.26. The number of sulfonamides is 1. The number of pyridine rings is 1. The first-order valence-corrected chi connectivity index (χ1v) is 17.9. The van der Waals surface area contributed by atoms with Gasteiger partial charge in [-0.3, -0.25) is 14.3 Å². The van der Waals surface area contributed by atoms with Gasteiger partial charge in [0.2, 0.25) is 15.9 Å². The van der Waals surface area contributed by atoms with Crippen molar-refractivity contribution < 1.29 is 32.3 Å². The van der Waals surface area contributed by atoms with Crippen LogP contribution in [0.2, 0.25) is 0 Å². The second-order valence-electron chi connectivity index (χ2n) is 12.7. The molecule has 3 aromatic rings. The average Bonchev–Trinajstić information content (AvgIpc) is 4.01. The van der Waals surface area contributed by atoms with Crippen LogP contribution in [0.3, 0.4) is 0 Å². The maximum Gasteiger partial charge on any atom is 0.317 e. The van der Waals surface area contributed by atoms with Crippen molar-refractivity contribution in [1.29, 1.82) is 0 Å². The van der Waals surface area contributed by atoms with Crippen LogP contribution in [0.4, 0.5) is 4.79 Å². The number of urea groups is 1. The Labute approximate surface area is 280 Å². The van der Waals surface area contributed by atoms with E-state index in [9.17, 15) is 22.8 Å². The molecule has 13 heteroatoms. The quantitative estimate of drug-likeness (QED) is 0.289. The van der Waals surface area contributed by atoms with E-state index < -0.39 is 44.7 Å². The highest BCUT2D eigenvalue weighted by molar-refractivity contribution is 7.91. The van der Waals surface area contributed by atoms with Gasteiger partial charge in [0, 0.05) is 49.0 Å². The fourth-order valence-electron chi connectivity index (χ4n) is 5.94. The predicted octanol–water partition coefficient (Wildman–Crippen LogP) is 3.91. The summed E-state index contributed by atoms with van der Waals surface area (Å²) in [6, 6.07) is 15.5. The Bertz CT molecular complexity index is 1830. The summed E-state index contributed by atoms with van der Waals surface area (Å²) in [4.78, 5) is 46.9. The third-order valence-corrected chi connectivity index (χ3v) is 10.9. The van der Waals surface area contributed by atoms with Crippen LogP contribution in [0, 0.1) is 5.92 Å². The van der Waals surface area contributed by atoms with Crippen LogP contribution in [0.5, 0.6) is 11.5 Å². The minimum absolute atomic E-state index is 0.0417. The van der Waals surface area contributed by atoms with Gasteiger partial charge >= 0.3 is 6.03 Å². The molecular weight excluding hydrogens is 634 g/mol. The zero-order valence-electron chi connectivity index (χ0n) is 27.1. The highest BCUT2D eigenvalue weighted by atomic mass is 32.2. The van der Waals surface area contributed by atoms with Crippen molar-refractivity contribution in [3.05, 3.63) is 66.7 Å². The summed E-state index contributed by atoms with van der Waals surface area (Å²) in [6.07, 6.45) is 7.49. The Morgan fingerprint density at radius 3 is 2.65 bits per heavy atom. The van der Waals surface area contributed by atoms with Gasteiger partial charge in [0.15, 0.2) is 0 Å². The number of methoxy groups -OCH3 is 1. The minimum atomic E-state index is -3.83. The van der Waals surface area contributed by atoms with Crippen LogP contribution in [-0.4, -0.2) is 80.3 Å². The van der Waals surface area contributed by atoms with Crippen LogP contribution in [0.1, 0.15) is 44.9 Å². The molecule has 4 amide bonds. The number of nitrogens with zero attached hydrogens (tertiary/aromatic N) is 2. The van der Waals surface area contributed by atoms with Gasteiger partial charge in [0.25, 0.3) is 5.91 Å². The molecule has 2 heterocycles. The molecule has 6 rings (SSSR count). The zero-order valence-corrected chi connectivity index (χ0v) is 27.9. The van der Waals surface area contributed by atoms with Crippen molar-refractivity contribution in [2.24, 2.45) is 5.92 Å². The number of nitrogens with one attached hydrogen (secondary N) is 3. The van der Waals surface area contributed by atoms with Crippen molar-refractivity contribution in [2.75, 3.05) is 27.3 Å². The van der Waals surface area contributed by atoms with E-state index in [2.05, 4.69) is 15.4 Å². The van der Waals surface area contributed by atoms with Crippen molar-refractivity contribution in [3.8, 4) is 22.8 Å². The molecule has 2 saturated carbocycles. The molecule has 0 spiro atoms. The maximum atomic E-state index is 13.9. The Morgan fingerprint density at radius 2 is 1.90 bits per heavy atom. The summed E-state index contributed by atoms with van der Waals surface area (Å²) < 4.78 is 39.2. The summed E-state index contributed by atoms with van der Waals surface area (Å²) in [5.41, 5.74) is 0.825. The molecule has 0 bridgehead atoms. The van der Waals surface area contributed by atoms with Gasteiger partial charge in [-0.25, -0.2) is 18.2 Å². The molecule has 0 unspecified atom stereocenters. The Hall–Kier alpha value is -4.65. The van der Waals surface area contributed by atoms with Gasteiger partial charge in [-0.15, -0.1) is 0 Å². The first-order chi connectivity index (χ1) is 23.1. The number of hydrogen-bond donors (Lipinski definition) is 3. The molecule has 1 aliphatic heterocycles. The van der Waals surface area contributed by atoms with Crippen LogP contribution < -0.4 is 24.8 Å². The zero-order chi connectivity index (χ0) is 33.9. The molecule has 0 saturated heterocycles. The minimum Gasteiger partial charge on any atom is -0.497 e. The highest BCUT2D eigenvalue weighted by Gasteiger charge is 2.61. The molecule has 1 aromatic heterocycles. The summed E-state index contributed by atoms with van der Waals surface area (Å²) in [5, 5.41) is 5.80. The van der Waals surface area contributed by atoms with Gasteiger partial charge in [0.05, 0.1) is 30.2 Å². The SMILES string of the molecule is COc1ccc2c(OCC[C@@H]3NC(=O)N(C)CCCC/C=C\[C@@H]4C[C@@]4(C(=O)NS(=O)(=O)C4CC4)NC3=O)cc(-c3ccccc3)nc2c1. The summed E-state index contributed by atoms with van der Waals surface area (Å²) >= 11 is 0. The number of carbonyl (C=O) groups excluding carboxylic acids is 3. The van der Waals surface area contributed by atoms with Crippen molar-refractivity contribution >= 4 is 38.8 Å². The van der Waals surface area contributed by atoms with Crippen molar-refractivity contribution in [2.45, 2.75) is 61.8 Å². The van der Waals surface area contributed by atoms with E-state index in [4.69, 9.17) is 14.5 Å². The Morgan fingerprint density at radius 1 is 1.10 bits per heavy atom. The van der Waals surface area contributed by atoms with Crippen LogP contribution in [-0.2, 0) is 19.6 Å². The van der Waals surface area contributed by atoms with Crippen LogP contribution >= 0.6 is 0 Å². The predicted molar refractivity (Wildman–Crippen MR) is 181 cm³/mol. The molecule has 3 aliphatic rings. The number of fused-ring (bicyclic) bond motifs is 2. The van der Waals surface area contributed by atoms with E-state index in [1.165, 1.54) is 4.90 Å². The molecule has 2 aromatic carbocycles. The standard InChI is InChI=1S/C35H41N5O7S/c1-40-18-9-4-3-8-12-24-22-35(24,33(42)39-48(44,45)26-14-15-26)38-32(41)28(37-34(40)43)17-19-47-31-21-29(23-10-6-5-7-11-23)36-30-20-25(46-2)13-16-27(30)31/h5-8,10-13,16,20-21,24,26,28H,3-4,9,14-15,17-19,22H2,1-2H3,(H,37,43)(H,38,41)(H,39,42)/b12-8-/t24-,28+,35-/m1/s1. The Kier molecular flexibility index (Phi) is 9.58. The molecular formula is C35H41N5O7S. The van der Waals surface area contributed by atoms with E-state index >= 15 is 0 Å². The molecule has 0 radical (unpaired) electrons. The molecule has 12 nitrogen and oxygen atoms in total. The number of carbonyl (C=O) groups is 3. The van der Waals surface area contributed by atoms with Gasteiger partial charge in [-0.2, -0.15) is 0 Å². The smallest absolute Gasteiger partial charge is 0.317 e. The lowest BCUT2D eigenvalue weighted by atomic mass is 10.1. The number of rotatable bonds is 9. The third kappa shape index (κ3) is 7.40. The molecule has 2 aliphatic carbocycles. The van der Waals surface area contributed by atoms with Gasteiger partial charge in [0.1, 0.15) is 23.1 Å². The molecule has 3 N–H and O–H groups in total. The monoisotopic (exact) mass is 675 g/mol. The van der Waals surface area contributed by atoms with Gasteiger partial charge in [-0.05, 0) is 50.7 Å². The normalized spacial score (nSPS) is 24.0. The fourth-order valence-corrected chi connectivity index (χ4v) is 7.30. The molecule has 3 atom stereocenters. The topological polar surface area (TPSA) is 156 Å². The lowest BCUT2D eigenvalue weighted by molar-refractivity contribution is -0.130. The highest BCUT2D eigenvalue weighted by Crippen LogP contribution is 2.46. The average molecular weight is 676 g/mol. The van der Waals surface area contributed by atoms with Crippen LogP contribution in [0.15, 0.2) is 66.7 Å². The van der Waals surface area contributed by atoms with Crippen LogP contribution in [0.25, 0.3) is 22.2 Å². The number of aromatic nitrogens is 1. The number of allylic oxidation sites excluding steroid dienone is 1. The Balaban J connectivity index is 1.24. The molecule has 48 heavy (non-hydrogen) atoms. The lowest BCUT2D eigenvalue weighted by Crippen LogP contribution is -2.58. The first kappa shape index (κ1) is 33.3. The van der Waals surface area contributed by atoms with Gasteiger partial charge in [-0.1, -0.05) is 42.5 Å². The number of ether oxygens (including phenoxy) is 2. The van der Waals surface area contributed by atoms with Crippen molar-refractivity contribution in [1.82, 2.24) is 25.2 Å². The second-order valence-corrected chi connectivity index (χ2v) is 14.6. The van der Waals surface area contributed by atoms with E-state index in [0.29, 0.717) is 42.1 Å². The van der Waals surface area contributed by atoms with Gasteiger partial charge < -0.3 is 25.0 Å². The summed E-state index contributed by atoms with van der Waals surface area (Å²) in [6.45, 7) is 0.550. The largest absolute Gasteiger partial charge is 0.497 e. The van der Waals surface area contributed by atoms with E-state index in [1.54, 1.807) is 14.2 Å². The summed E-state index contributed by atoms with van der Waals surface area (Å²) in [5.74, 6) is -0.535. The van der Waals surface area contributed by atoms with E-state index in [-0.39, 0.29) is 25.4 Å². The fraction of sp³-hybridized carbons (Fsp3) is 0.429. The van der Waals surface area contributed by atoms with Crippen molar-refractivity contribution in [3.63, 3.8) is 0 Å². The third-order valence-electron chi connectivity index (χ3n) is 9.12. The summed E-state index contributed by atoms with van der Waals surface area (Å²) in [7, 11) is -0.578. The van der Waals surface area contributed by atoms with E-state index in [1.807, 2.05) is 66.7 Å². The van der Waals surface area contributed by atoms with E-state index in [0.717, 1.165) is 30.2 Å².